The van der Waals surface area contributed by atoms with E-state index in [2.05, 4.69) is 0 Å². The molecule has 4 N–H and O–H groups in total. The second kappa shape index (κ2) is 6.36. The standard InChI is InChI=1S/2C6H8O4/c7-5(8)3-1-4(2-3)6(9)10;7-5(8)3-1-2-4(3)6(9)10/h2*3-4H,1-2H2,(H,7,8)(H,9,10). The lowest BCUT2D eigenvalue weighted by Crippen LogP contribution is -2.37. The van der Waals surface area contributed by atoms with Gasteiger partial charge in [0.05, 0.1) is 23.7 Å². The molecule has 0 bridgehead atoms. The zero-order valence-corrected chi connectivity index (χ0v) is 10.6. The van der Waals surface area contributed by atoms with Gasteiger partial charge in [-0.25, -0.2) is 0 Å². The Labute approximate surface area is 114 Å². The largest absolute Gasteiger partial charge is 0.481 e. The molecule has 2 fully saturated rings. The van der Waals surface area contributed by atoms with Gasteiger partial charge in [0.2, 0.25) is 0 Å². The van der Waals surface area contributed by atoms with E-state index in [0.717, 1.165) is 0 Å². The third kappa shape index (κ3) is 3.69. The first-order valence-electron chi connectivity index (χ1n) is 6.15. The fraction of sp³-hybridized carbons (Fsp3) is 0.667. The first kappa shape index (κ1) is 15.9. The summed E-state index contributed by atoms with van der Waals surface area (Å²) in [5.74, 6) is -5.84. The summed E-state index contributed by atoms with van der Waals surface area (Å²) >= 11 is 0. The quantitative estimate of drug-likeness (QED) is 0.579. The lowest BCUT2D eigenvalue weighted by molar-refractivity contribution is -0.160. The predicted molar refractivity (Wildman–Crippen MR) is 63.0 cm³/mol. The Morgan fingerprint density at radius 2 is 0.900 bits per heavy atom. The highest BCUT2D eigenvalue weighted by Gasteiger charge is 2.41. The lowest BCUT2D eigenvalue weighted by atomic mass is 9.74. The van der Waals surface area contributed by atoms with Crippen molar-refractivity contribution >= 4 is 23.9 Å². The normalized spacial score (nSPS) is 30.8. The summed E-state index contributed by atoms with van der Waals surface area (Å²) in [5, 5.41) is 33.5. The number of carboxylic acids is 4. The van der Waals surface area contributed by atoms with Crippen LogP contribution in [0.1, 0.15) is 25.7 Å². The van der Waals surface area contributed by atoms with E-state index in [4.69, 9.17) is 20.4 Å². The summed E-state index contributed by atoms with van der Waals surface area (Å²) < 4.78 is 0. The fourth-order valence-corrected chi connectivity index (χ4v) is 2.11. The van der Waals surface area contributed by atoms with Gasteiger partial charge >= 0.3 is 23.9 Å². The van der Waals surface area contributed by atoms with E-state index in [9.17, 15) is 19.2 Å². The van der Waals surface area contributed by atoms with Gasteiger partial charge in [0, 0.05) is 0 Å². The van der Waals surface area contributed by atoms with E-state index in [0.29, 0.717) is 25.7 Å². The molecule has 0 spiro atoms. The van der Waals surface area contributed by atoms with Crippen LogP contribution in [-0.4, -0.2) is 44.3 Å². The van der Waals surface area contributed by atoms with Crippen LogP contribution in [0.2, 0.25) is 0 Å². The Kier molecular flexibility index (Phi) is 5.06. The Morgan fingerprint density at radius 1 is 0.600 bits per heavy atom. The van der Waals surface area contributed by atoms with E-state index in [1.807, 2.05) is 0 Å². The Hall–Kier alpha value is -2.12. The van der Waals surface area contributed by atoms with E-state index in [-0.39, 0.29) is 0 Å². The summed E-state index contributed by atoms with van der Waals surface area (Å²) in [5.41, 5.74) is 0. The van der Waals surface area contributed by atoms with Gasteiger partial charge in [0.15, 0.2) is 0 Å². The summed E-state index contributed by atoms with van der Waals surface area (Å²) in [6.07, 6.45) is 1.61. The molecule has 0 radical (unpaired) electrons. The number of hydrogen-bond acceptors (Lipinski definition) is 4. The van der Waals surface area contributed by atoms with E-state index in [1.165, 1.54) is 0 Å². The molecule has 2 rings (SSSR count). The topological polar surface area (TPSA) is 149 Å². The molecule has 0 aromatic heterocycles. The van der Waals surface area contributed by atoms with Crippen LogP contribution in [0.3, 0.4) is 0 Å². The molecule has 0 aliphatic heterocycles. The van der Waals surface area contributed by atoms with Gasteiger partial charge in [0.1, 0.15) is 0 Å². The Morgan fingerprint density at radius 3 is 1.05 bits per heavy atom. The predicted octanol–water partition coefficient (Wildman–Crippen LogP) is 0.364. The second-order valence-electron chi connectivity index (χ2n) is 5.01. The number of aliphatic carboxylic acids is 4. The third-order valence-electron chi connectivity index (χ3n) is 3.75. The SMILES string of the molecule is O=C(O)C1CC(C(=O)O)C1.O=C(O)C1CCC1C(=O)O. The van der Waals surface area contributed by atoms with Crippen molar-refractivity contribution < 1.29 is 39.6 Å². The minimum Gasteiger partial charge on any atom is -0.481 e. The Bertz CT molecular complexity index is 385. The highest BCUT2D eigenvalue weighted by molar-refractivity contribution is 5.81. The van der Waals surface area contributed by atoms with Crippen LogP contribution in [0.15, 0.2) is 0 Å². The number of hydrogen-bond donors (Lipinski definition) is 4. The van der Waals surface area contributed by atoms with Crippen LogP contribution < -0.4 is 0 Å². The molecule has 0 aromatic carbocycles. The van der Waals surface area contributed by atoms with Crippen LogP contribution in [0.4, 0.5) is 0 Å². The molecule has 0 amide bonds. The zero-order valence-electron chi connectivity index (χ0n) is 10.6. The average molecular weight is 288 g/mol. The van der Waals surface area contributed by atoms with Gasteiger partial charge in [-0.3, -0.25) is 19.2 Å². The molecule has 0 aromatic rings. The van der Waals surface area contributed by atoms with Crippen LogP contribution in [-0.2, 0) is 19.2 Å². The van der Waals surface area contributed by atoms with Crippen molar-refractivity contribution in [2.45, 2.75) is 25.7 Å². The van der Waals surface area contributed by atoms with E-state index >= 15 is 0 Å². The van der Waals surface area contributed by atoms with Gasteiger partial charge in [-0.1, -0.05) is 0 Å². The first-order valence-corrected chi connectivity index (χ1v) is 6.15. The molecular weight excluding hydrogens is 272 g/mol. The fourth-order valence-electron chi connectivity index (χ4n) is 2.11. The summed E-state index contributed by atoms with van der Waals surface area (Å²) in [6.45, 7) is 0. The van der Waals surface area contributed by atoms with Crippen molar-refractivity contribution in [3.8, 4) is 0 Å². The maximum absolute atomic E-state index is 10.2. The molecule has 2 saturated carbocycles. The summed E-state index contributed by atoms with van der Waals surface area (Å²) in [7, 11) is 0. The van der Waals surface area contributed by atoms with Gasteiger partial charge in [-0.2, -0.15) is 0 Å². The number of carboxylic acid groups (broad SMARTS) is 4. The van der Waals surface area contributed by atoms with Crippen molar-refractivity contribution in [1.82, 2.24) is 0 Å². The second-order valence-corrected chi connectivity index (χ2v) is 5.01. The molecule has 112 valence electrons. The molecule has 0 heterocycles. The monoisotopic (exact) mass is 288 g/mol. The lowest BCUT2D eigenvalue weighted by Gasteiger charge is -2.29. The van der Waals surface area contributed by atoms with Gasteiger partial charge in [0.25, 0.3) is 0 Å². The highest BCUT2D eigenvalue weighted by Crippen LogP contribution is 2.34. The first-order chi connectivity index (χ1) is 9.23. The maximum atomic E-state index is 10.2. The van der Waals surface area contributed by atoms with Crippen LogP contribution in [0.5, 0.6) is 0 Å². The Balaban J connectivity index is 0.000000200. The van der Waals surface area contributed by atoms with Crippen molar-refractivity contribution in [1.29, 1.82) is 0 Å². The molecule has 20 heavy (non-hydrogen) atoms. The van der Waals surface area contributed by atoms with E-state index < -0.39 is 47.5 Å². The molecule has 2 aliphatic carbocycles. The summed E-state index contributed by atoms with van der Waals surface area (Å²) in [4.78, 5) is 40.8. The average Bonchev–Trinajstić information content (AvgIpc) is 2.09. The minimum absolute atomic E-state index is 0.296. The van der Waals surface area contributed by atoms with Gasteiger partial charge in [-0.15, -0.1) is 0 Å². The summed E-state index contributed by atoms with van der Waals surface area (Å²) in [6, 6.07) is 0. The maximum Gasteiger partial charge on any atom is 0.307 e. The molecular formula is C12H16O8. The van der Waals surface area contributed by atoms with Crippen molar-refractivity contribution in [3.63, 3.8) is 0 Å². The third-order valence-corrected chi connectivity index (χ3v) is 3.75. The zero-order chi connectivity index (χ0) is 15.4. The van der Waals surface area contributed by atoms with Gasteiger partial charge in [-0.05, 0) is 25.7 Å². The van der Waals surface area contributed by atoms with Crippen molar-refractivity contribution in [2.75, 3.05) is 0 Å². The smallest absolute Gasteiger partial charge is 0.307 e. The highest BCUT2D eigenvalue weighted by atomic mass is 16.4. The molecule has 8 heteroatoms. The van der Waals surface area contributed by atoms with Crippen molar-refractivity contribution in [2.24, 2.45) is 23.7 Å². The molecule has 8 nitrogen and oxygen atoms in total. The van der Waals surface area contributed by atoms with Crippen LogP contribution in [0.25, 0.3) is 0 Å². The van der Waals surface area contributed by atoms with Crippen molar-refractivity contribution in [3.05, 3.63) is 0 Å². The molecule has 2 aliphatic rings. The molecule has 0 saturated heterocycles. The van der Waals surface area contributed by atoms with Gasteiger partial charge < -0.3 is 20.4 Å². The van der Waals surface area contributed by atoms with E-state index in [1.54, 1.807) is 0 Å². The van der Waals surface area contributed by atoms with Crippen LogP contribution >= 0.6 is 0 Å². The number of carbonyl (C=O) groups is 4. The minimum atomic E-state index is -0.987. The molecule has 2 unspecified atom stereocenters. The number of rotatable bonds is 4. The molecule has 2 atom stereocenters. The van der Waals surface area contributed by atoms with Crippen LogP contribution in [0, 0.1) is 23.7 Å².